The van der Waals surface area contributed by atoms with E-state index in [1.807, 2.05) is 6.08 Å². The average Bonchev–Trinajstić information content (AvgIpc) is 3.21. The summed E-state index contributed by atoms with van der Waals surface area (Å²) in [5.41, 5.74) is 0.0245. The maximum atomic E-state index is 13.0. The number of fused-ring (bicyclic) bond motifs is 6. The molecule has 6 nitrogen and oxygen atoms in total. The zero-order valence-electron chi connectivity index (χ0n) is 18.2. The minimum absolute atomic E-state index is 0.0118. The summed E-state index contributed by atoms with van der Waals surface area (Å²) < 4.78 is 11.2. The molecule has 1 spiro atoms. The Morgan fingerprint density at radius 1 is 1.20 bits per heavy atom. The number of aliphatic hydroxyl groups is 2. The van der Waals surface area contributed by atoms with Crippen LogP contribution in [0.1, 0.15) is 65.2 Å². The number of hydrogen-bond donors (Lipinski definition) is 2. The third-order valence-electron chi connectivity index (χ3n) is 9.92. The molecule has 0 amide bonds. The highest BCUT2D eigenvalue weighted by molar-refractivity contribution is 5.74. The molecule has 1 saturated heterocycles. The van der Waals surface area contributed by atoms with Crippen molar-refractivity contribution in [1.82, 2.24) is 0 Å². The van der Waals surface area contributed by atoms with Crippen LogP contribution in [0.25, 0.3) is 0 Å². The molecule has 4 fully saturated rings. The minimum atomic E-state index is -0.582. The summed E-state index contributed by atoms with van der Waals surface area (Å²) in [5.74, 6) is -0.571. The van der Waals surface area contributed by atoms with Gasteiger partial charge in [0.15, 0.2) is 0 Å². The molecule has 0 radical (unpaired) electrons. The van der Waals surface area contributed by atoms with E-state index >= 15 is 0 Å². The standard InChI is InChI=1S/C24H34O6/c1-22-7-4-14(25)10-13(22)11-15(21(28)29-3)19-16-5-8-24(9-6-18(27)30-24)23(16,2)12-17(26)20(19)22/h10,14-17,19-20,25-26H,4-9,11-12H2,1-3H3/t14-,15+,16-,17?,19-,20?,22-,23-,24+/m0/s1. The Bertz CT molecular complexity index is 806. The van der Waals surface area contributed by atoms with E-state index in [2.05, 4.69) is 13.8 Å². The summed E-state index contributed by atoms with van der Waals surface area (Å²) in [6.07, 6.45) is 6.38. The highest BCUT2D eigenvalue weighted by Gasteiger charge is 2.71. The Labute approximate surface area is 178 Å². The number of carbonyl (C=O) groups excluding carboxylic acids is 2. The number of allylic oxidation sites excluding steroid dienone is 1. The van der Waals surface area contributed by atoms with Crippen molar-refractivity contribution in [2.24, 2.45) is 34.5 Å². The first-order valence-corrected chi connectivity index (χ1v) is 11.5. The van der Waals surface area contributed by atoms with Crippen molar-refractivity contribution < 1.29 is 29.3 Å². The van der Waals surface area contributed by atoms with Gasteiger partial charge >= 0.3 is 11.9 Å². The van der Waals surface area contributed by atoms with Gasteiger partial charge in [-0.3, -0.25) is 9.59 Å². The lowest BCUT2D eigenvalue weighted by molar-refractivity contribution is -0.198. The van der Waals surface area contributed by atoms with Crippen molar-refractivity contribution in [2.75, 3.05) is 7.11 Å². The van der Waals surface area contributed by atoms with E-state index < -0.39 is 17.8 Å². The van der Waals surface area contributed by atoms with Crippen LogP contribution in [0, 0.1) is 34.5 Å². The molecule has 5 rings (SSSR count). The number of esters is 2. The van der Waals surface area contributed by atoms with Crippen molar-refractivity contribution in [1.29, 1.82) is 0 Å². The molecule has 2 unspecified atom stereocenters. The Morgan fingerprint density at radius 2 is 1.97 bits per heavy atom. The molecule has 4 aliphatic carbocycles. The largest absolute Gasteiger partial charge is 0.469 e. The van der Waals surface area contributed by atoms with Gasteiger partial charge in [-0.15, -0.1) is 0 Å². The Kier molecular flexibility index (Phi) is 4.48. The van der Waals surface area contributed by atoms with Gasteiger partial charge in [-0.05, 0) is 68.1 Å². The average molecular weight is 419 g/mol. The van der Waals surface area contributed by atoms with E-state index in [4.69, 9.17) is 9.47 Å². The number of aliphatic hydroxyl groups excluding tert-OH is 2. The van der Waals surface area contributed by atoms with Crippen molar-refractivity contribution >= 4 is 11.9 Å². The molecule has 0 aromatic carbocycles. The fourth-order valence-electron chi connectivity index (χ4n) is 8.50. The summed E-state index contributed by atoms with van der Waals surface area (Å²) in [4.78, 5) is 25.1. The third kappa shape index (κ3) is 2.49. The summed E-state index contributed by atoms with van der Waals surface area (Å²) in [7, 11) is 1.43. The number of rotatable bonds is 1. The van der Waals surface area contributed by atoms with Crippen molar-refractivity contribution in [2.45, 2.75) is 83.0 Å². The molecule has 0 bridgehead atoms. The van der Waals surface area contributed by atoms with Gasteiger partial charge in [-0.1, -0.05) is 25.5 Å². The molecule has 0 aromatic heterocycles. The van der Waals surface area contributed by atoms with Gasteiger partial charge in [0.05, 0.1) is 25.2 Å². The molecular weight excluding hydrogens is 384 g/mol. The zero-order valence-corrected chi connectivity index (χ0v) is 18.2. The Hall–Kier alpha value is -1.40. The fourth-order valence-corrected chi connectivity index (χ4v) is 8.50. The van der Waals surface area contributed by atoms with Crippen molar-refractivity contribution in [3.8, 4) is 0 Å². The molecule has 30 heavy (non-hydrogen) atoms. The number of carbonyl (C=O) groups is 2. The number of ether oxygens (including phenoxy) is 2. The van der Waals surface area contributed by atoms with Crippen LogP contribution < -0.4 is 0 Å². The molecule has 1 heterocycles. The summed E-state index contributed by atoms with van der Waals surface area (Å²) in [6.45, 7) is 4.39. The second-order valence-corrected chi connectivity index (χ2v) is 11.0. The maximum Gasteiger partial charge on any atom is 0.309 e. The van der Waals surface area contributed by atoms with Crippen LogP contribution in [0.15, 0.2) is 11.6 Å². The predicted octanol–water partition coefficient (Wildman–Crippen LogP) is 2.76. The molecule has 5 aliphatic rings. The van der Waals surface area contributed by atoms with Crippen LogP contribution in [0.3, 0.4) is 0 Å². The van der Waals surface area contributed by atoms with Gasteiger partial charge in [0.1, 0.15) is 5.60 Å². The smallest absolute Gasteiger partial charge is 0.309 e. The van der Waals surface area contributed by atoms with Gasteiger partial charge in [0.2, 0.25) is 0 Å². The van der Waals surface area contributed by atoms with E-state index in [1.165, 1.54) is 7.11 Å². The molecule has 0 aromatic rings. The number of methoxy groups -OCH3 is 1. The second kappa shape index (κ2) is 6.55. The first-order valence-electron chi connectivity index (χ1n) is 11.5. The van der Waals surface area contributed by atoms with Crippen LogP contribution in [0.4, 0.5) is 0 Å². The molecule has 1 aliphatic heterocycles. The van der Waals surface area contributed by atoms with Crippen molar-refractivity contribution in [3.63, 3.8) is 0 Å². The highest BCUT2D eigenvalue weighted by atomic mass is 16.6. The van der Waals surface area contributed by atoms with Crippen molar-refractivity contribution in [3.05, 3.63) is 11.6 Å². The summed E-state index contributed by atoms with van der Waals surface area (Å²) in [5, 5.41) is 21.8. The summed E-state index contributed by atoms with van der Waals surface area (Å²) >= 11 is 0. The van der Waals surface area contributed by atoms with Crippen LogP contribution in [-0.4, -0.2) is 47.1 Å². The predicted molar refractivity (Wildman–Crippen MR) is 108 cm³/mol. The van der Waals surface area contributed by atoms with E-state index in [0.29, 0.717) is 32.1 Å². The monoisotopic (exact) mass is 418 g/mol. The first-order chi connectivity index (χ1) is 14.1. The highest BCUT2D eigenvalue weighted by Crippen LogP contribution is 2.70. The quantitative estimate of drug-likeness (QED) is 0.502. The fraction of sp³-hybridized carbons (Fsp3) is 0.833. The lowest BCUT2D eigenvalue weighted by Gasteiger charge is -2.62. The molecule has 9 atom stereocenters. The van der Waals surface area contributed by atoms with Crippen LogP contribution in [0.2, 0.25) is 0 Å². The van der Waals surface area contributed by atoms with Gasteiger partial charge < -0.3 is 19.7 Å². The lowest BCUT2D eigenvalue weighted by Crippen LogP contribution is -2.62. The van der Waals surface area contributed by atoms with E-state index in [1.54, 1.807) is 0 Å². The zero-order chi connectivity index (χ0) is 21.5. The lowest BCUT2D eigenvalue weighted by atomic mass is 9.43. The van der Waals surface area contributed by atoms with Gasteiger partial charge in [-0.2, -0.15) is 0 Å². The maximum absolute atomic E-state index is 13.0. The Morgan fingerprint density at radius 3 is 2.63 bits per heavy atom. The summed E-state index contributed by atoms with van der Waals surface area (Å²) in [6, 6.07) is 0. The van der Waals surface area contributed by atoms with Gasteiger partial charge in [0.25, 0.3) is 0 Å². The first kappa shape index (κ1) is 20.5. The molecule has 3 saturated carbocycles. The van der Waals surface area contributed by atoms with E-state index in [0.717, 1.165) is 24.8 Å². The molecular formula is C24H34O6. The van der Waals surface area contributed by atoms with E-state index in [9.17, 15) is 19.8 Å². The third-order valence-corrected chi connectivity index (χ3v) is 9.92. The van der Waals surface area contributed by atoms with Crippen LogP contribution in [0.5, 0.6) is 0 Å². The molecule has 166 valence electrons. The minimum Gasteiger partial charge on any atom is -0.469 e. The molecule has 6 heteroatoms. The Balaban J connectivity index is 1.61. The van der Waals surface area contributed by atoms with Gasteiger partial charge in [0, 0.05) is 11.8 Å². The normalized spacial score (nSPS) is 52.2. The van der Waals surface area contributed by atoms with E-state index in [-0.39, 0.29) is 46.4 Å². The van der Waals surface area contributed by atoms with Crippen LogP contribution in [-0.2, 0) is 19.1 Å². The topological polar surface area (TPSA) is 93.1 Å². The van der Waals surface area contributed by atoms with Crippen LogP contribution >= 0.6 is 0 Å². The SMILES string of the molecule is COC(=O)[C@@H]1CC2=C[C@@H](O)CC[C@]2(C)C2C(O)C[C@@]3(C)[C@@H](CC[C@@]34CCC(=O)O4)[C@@H]21. The van der Waals surface area contributed by atoms with Gasteiger partial charge in [-0.25, -0.2) is 0 Å². The second-order valence-electron chi connectivity index (χ2n) is 11.0. The molecule has 2 N–H and O–H groups in total. The number of hydrogen-bond acceptors (Lipinski definition) is 6.